The van der Waals surface area contributed by atoms with E-state index in [-0.39, 0.29) is 6.61 Å². The predicted octanol–water partition coefficient (Wildman–Crippen LogP) is 3.76. The molecule has 2 aromatic carbocycles. The van der Waals surface area contributed by atoms with Crippen LogP contribution < -0.4 is 0 Å². The molecule has 1 heterocycles. The van der Waals surface area contributed by atoms with Gasteiger partial charge in [-0.15, -0.1) is 0 Å². The Hall–Kier alpha value is -2.23. The van der Waals surface area contributed by atoms with Crippen LogP contribution in [0.3, 0.4) is 0 Å². The molecule has 3 aromatic rings. The maximum Gasteiger partial charge on any atom is 0.0731 e. The van der Waals surface area contributed by atoms with E-state index in [9.17, 15) is 5.11 Å². The van der Waals surface area contributed by atoms with Crippen LogP contribution in [-0.2, 0) is 13.2 Å². The molecule has 0 amide bonds. The number of hydrogen-bond donors (Lipinski definition) is 1. The molecule has 0 aliphatic carbocycles. The van der Waals surface area contributed by atoms with Gasteiger partial charge >= 0.3 is 0 Å². The van der Waals surface area contributed by atoms with Crippen LogP contribution in [0.5, 0.6) is 0 Å². The topological polar surface area (TPSA) is 36.4 Å². The maximum absolute atomic E-state index is 9.76. The Bertz CT molecular complexity index is 840. The van der Waals surface area contributed by atoms with E-state index in [1.165, 1.54) is 11.1 Å². The van der Waals surface area contributed by atoms with E-state index in [2.05, 4.69) is 59.3 Å². The Balaban J connectivity index is 2.07. The Morgan fingerprint density at radius 2 is 1.91 bits per heavy atom. The van der Waals surface area contributed by atoms with Gasteiger partial charge < -0.3 is 10.0 Å². The smallest absolute Gasteiger partial charge is 0.0731 e. The third-order valence-corrected chi connectivity index (χ3v) is 4.06. The van der Waals surface area contributed by atoms with Gasteiger partial charge in [0.15, 0.2) is 0 Å². The summed E-state index contributed by atoms with van der Waals surface area (Å²) in [5.41, 5.74) is 6.45. The van der Waals surface area contributed by atoms with Crippen LogP contribution >= 0.6 is 0 Å². The third-order valence-electron chi connectivity index (χ3n) is 4.06. The molecule has 0 fully saturated rings. The average molecular weight is 306 g/mol. The van der Waals surface area contributed by atoms with Crippen molar-refractivity contribution in [2.45, 2.75) is 20.1 Å². The first-order valence-electron chi connectivity index (χ1n) is 7.81. The van der Waals surface area contributed by atoms with E-state index in [0.29, 0.717) is 0 Å². The molecule has 1 aromatic heterocycles. The number of benzene rings is 2. The first kappa shape index (κ1) is 15.7. The average Bonchev–Trinajstić information content (AvgIpc) is 2.54. The summed E-state index contributed by atoms with van der Waals surface area (Å²) < 4.78 is 0. The Kier molecular flexibility index (Phi) is 4.42. The van der Waals surface area contributed by atoms with Crippen molar-refractivity contribution in [3.8, 4) is 11.1 Å². The number of aromatic nitrogens is 1. The molecule has 0 aliphatic rings. The molecule has 0 radical (unpaired) electrons. The Labute approximate surface area is 137 Å². The zero-order valence-electron chi connectivity index (χ0n) is 13.9. The molecule has 3 nitrogen and oxygen atoms in total. The molecule has 0 bridgehead atoms. The van der Waals surface area contributed by atoms with Gasteiger partial charge in [-0.2, -0.15) is 0 Å². The summed E-state index contributed by atoms with van der Waals surface area (Å²) in [5.74, 6) is 0. The lowest BCUT2D eigenvalue weighted by Gasteiger charge is -2.14. The molecule has 23 heavy (non-hydrogen) atoms. The normalized spacial score (nSPS) is 11.3. The van der Waals surface area contributed by atoms with Gasteiger partial charge in [-0.3, -0.25) is 4.98 Å². The summed E-state index contributed by atoms with van der Waals surface area (Å²) in [7, 11) is 4.09. The summed E-state index contributed by atoms with van der Waals surface area (Å²) in [5, 5.41) is 10.9. The van der Waals surface area contributed by atoms with E-state index in [1.54, 1.807) is 0 Å². The van der Waals surface area contributed by atoms with Crippen LogP contribution in [0.4, 0.5) is 0 Å². The molecular weight excluding hydrogens is 284 g/mol. The molecule has 0 spiro atoms. The molecular formula is C20H22N2O. The second-order valence-corrected chi connectivity index (χ2v) is 6.26. The number of aryl methyl sites for hydroxylation is 1. The van der Waals surface area contributed by atoms with Crippen molar-refractivity contribution in [1.29, 1.82) is 0 Å². The minimum absolute atomic E-state index is 0.0302. The largest absolute Gasteiger partial charge is 0.392 e. The van der Waals surface area contributed by atoms with Gasteiger partial charge in [0.25, 0.3) is 0 Å². The second-order valence-electron chi connectivity index (χ2n) is 6.26. The summed E-state index contributed by atoms with van der Waals surface area (Å²) in [6.45, 7) is 2.97. The first-order chi connectivity index (χ1) is 11.1. The van der Waals surface area contributed by atoms with Crippen molar-refractivity contribution < 1.29 is 5.11 Å². The molecule has 1 N–H and O–H groups in total. The van der Waals surface area contributed by atoms with Crippen LogP contribution in [0, 0.1) is 6.92 Å². The third kappa shape index (κ3) is 3.26. The van der Waals surface area contributed by atoms with Crippen LogP contribution in [-0.4, -0.2) is 29.1 Å². The molecule has 0 saturated heterocycles. The number of aliphatic hydroxyl groups excluding tert-OH is 1. The van der Waals surface area contributed by atoms with E-state index in [0.717, 1.165) is 34.1 Å². The zero-order chi connectivity index (χ0) is 16.4. The van der Waals surface area contributed by atoms with E-state index >= 15 is 0 Å². The highest BCUT2D eigenvalue weighted by Gasteiger charge is 2.08. The SMILES string of the molecule is Cc1cccc2cc(-c3ccc(CN(C)C)cc3CO)cnc12. The van der Waals surface area contributed by atoms with E-state index in [1.807, 2.05) is 20.3 Å². The minimum Gasteiger partial charge on any atom is -0.392 e. The fourth-order valence-electron chi connectivity index (χ4n) is 2.98. The van der Waals surface area contributed by atoms with Crippen LogP contribution in [0.15, 0.2) is 48.7 Å². The van der Waals surface area contributed by atoms with Crippen molar-refractivity contribution in [1.82, 2.24) is 9.88 Å². The number of pyridine rings is 1. The van der Waals surface area contributed by atoms with Gasteiger partial charge in [0.2, 0.25) is 0 Å². The molecule has 0 saturated carbocycles. The zero-order valence-corrected chi connectivity index (χ0v) is 13.9. The number of aliphatic hydroxyl groups is 1. The van der Waals surface area contributed by atoms with Gasteiger partial charge in [-0.25, -0.2) is 0 Å². The summed E-state index contributed by atoms with van der Waals surface area (Å²) in [6.07, 6.45) is 1.90. The second kappa shape index (κ2) is 6.49. The number of nitrogens with zero attached hydrogens (tertiary/aromatic N) is 2. The van der Waals surface area contributed by atoms with Gasteiger partial charge in [0.05, 0.1) is 12.1 Å². The lowest BCUT2D eigenvalue weighted by molar-refractivity contribution is 0.282. The molecule has 3 heteroatoms. The highest BCUT2D eigenvalue weighted by molar-refractivity contribution is 5.86. The summed E-state index contributed by atoms with van der Waals surface area (Å²) in [4.78, 5) is 6.73. The summed E-state index contributed by atoms with van der Waals surface area (Å²) in [6, 6.07) is 14.6. The quantitative estimate of drug-likeness (QED) is 0.797. The van der Waals surface area contributed by atoms with Crippen molar-refractivity contribution in [3.63, 3.8) is 0 Å². The molecule has 0 aliphatic heterocycles. The Morgan fingerprint density at radius 1 is 1.09 bits per heavy atom. The number of fused-ring (bicyclic) bond motifs is 1. The first-order valence-corrected chi connectivity index (χ1v) is 7.81. The van der Waals surface area contributed by atoms with Crippen LogP contribution in [0.2, 0.25) is 0 Å². The van der Waals surface area contributed by atoms with Crippen LogP contribution in [0.25, 0.3) is 22.0 Å². The van der Waals surface area contributed by atoms with Crippen LogP contribution in [0.1, 0.15) is 16.7 Å². The fourth-order valence-corrected chi connectivity index (χ4v) is 2.98. The van der Waals surface area contributed by atoms with Gasteiger partial charge in [-0.05, 0) is 49.3 Å². The monoisotopic (exact) mass is 306 g/mol. The highest BCUT2D eigenvalue weighted by atomic mass is 16.3. The van der Waals surface area contributed by atoms with E-state index in [4.69, 9.17) is 0 Å². The molecule has 0 atom stereocenters. The summed E-state index contributed by atoms with van der Waals surface area (Å²) >= 11 is 0. The van der Waals surface area contributed by atoms with Crippen molar-refractivity contribution in [3.05, 3.63) is 65.4 Å². The van der Waals surface area contributed by atoms with Gasteiger partial charge in [0, 0.05) is 23.7 Å². The number of hydrogen-bond acceptors (Lipinski definition) is 3. The lowest BCUT2D eigenvalue weighted by Crippen LogP contribution is -2.11. The number of para-hydroxylation sites is 1. The van der Waals surface area contributed by atoms with Crippen molar-refractivity contribution >= 4 is 10.9 Å². The van der Waals surface area contributed by atoms with Gasteiger partial charge in [0.1, 0.15) is 0 Å². The van der Waals surface area contributed by atoms with Crippen molar-refractivity contribution in [2.75, 3.05) is 14.1 Å². The van der Waals surface area contributed by atoms with E-state index < -0.39 is 0 Å². The number of rotatable bonds is 4. The lowest BCUT2D eigenvalue weighted by atomic mass is 9.97. The molecule has 3 rings (SSSR count). The predicted molar refractivity (Wildman–Crippen MR) is 95.2 cm³/mol. The Morgan fingerprint density at radius 3 is 2.65 bits per heavy atom. The van der Waals surface area contributed by atoms with Gasteiger partial charge in [-0.1, -0.05) is 36.4 Å². The maximum atomic E-state index is 9.76. The minimum atomic E-state index is 0.0302. The molecule has 118 valence electrons. The highest BCUT2D eigenvalue weighted by Crippen LogP contribution is 2.28. The standard InChI is InChI=1S/C20H22N2O/c1-14-5-4-6-16-10-17(11-21-20(14)16)19-8-7-15(12-22(2)3)9-18(19)13-23/h4-11,23H,12-13H2,1-3H3. The fraction of sp³-hybridized carbons (Fsp3) is 0.250. The van der Waals surface area contributed by atoms with Crippen molar-refractivity contribution in [2.24, 2.45) is 0 Å². The molecule has 0 unspecified atom stereocenters.